The summed E-state index contributed by atoms with van der Waals surface area (Å²) in [7, 11) is 4.02. The van der Waals surface area contributed by atoms with Crippen LogP contribution in [0, 0.1) is 0 Å². The maximum absolute atomic E-state index is 12.3. The minimum absolute atomic E-state index is 0.0208. The van der Waals surface area contributed by atoms with Crippen molar-refractivity contribution < 1.29 is 24.0 Å². The molecule has 2 aliphatic heterocycles. The van der Waals surface area contributed by atoms with Gasteiger partial charge in [-0.2, -0.15) is 0 Å². The summed E-state index contributed by atoms with van der Waals surface area (Å²) in [5.41, 5.74) is 2.27. The fourth-order valence-electron chi connectivity index (χ4n) is 3.85. The number of nitrogens with one attached hydrogen (secondary N) is 3. The SMILES string of the molecule is CN(C)c1ccc([C@@H](CNC(=O)C(=O)NC[C@H]2CCCO2)[NH+]2CCOCC2)cc1. The van der Waals surface area contributed by atoms with Crippen LogP contribution in [0.4, 0.5) is 5.69 Å². The molecule has 3 rings (SSSR count). The summed E-state index contributed by atoms with van der Waals surface area (Å²) in [5, 5.41) is 5.51. The van der Waals surface area contributed by atoms with E-state index in [4.69, 9.17) is 9.47 Å². The molecule has 2 aliphatic rings. The van der Waals surface area contributed by atoms with Crippen LogP contribution < -0.4 is 20.4 Å². The number of carbonyl (C=O) groups is 2. The molecule has 0 aliphatic carbocycles. The van der Waals surface area contributed by atoms with Crippen LogP contribution in [0.5, 0.6) is 0 Å². The monoisotopic (exact) mass is 405 g/mol. The van der Waals surface area contributed by atoms with Gasteiger partial charge in [-0.05, 0) is 25.0 Å². The highest BCUT2D eigenvalue weighted by atomic mass is 16.5. The molecule has 0 unspecified atom stereocenters. The third-order valence-electron chi connectivity index (χ3n) is 5.63. The minimum atomic E-state index is -0.598. The van der Waals surface area contributed by atoms with Crippen LogP contribution >= 0.6 is 0 Å². The van der Waals surface area contributed by atoms with Gasteiger partial charge >= 0.3 is 11.8 Å². The summed E-state index contributed by atoms with van der Waals surface area (Å²) >= 11 is 0. The van der Waals surface area contributed by atoms with E-state index in [9.17, 15) is 9.59 Å². The number of nitrogens with zero attached hydrogens (tertiary/aromatic N) is 1. The van der Waals surface area contributed by atoms with Crippen LogP contribution in [0.15, 0.2) is 24.3 Å². The van der Waals surface area contributed by atoms with Gasteiger partial charge in [-0.1, -0.05) is 12.1 Å². The highest BCUT2D eigenvalue weighted by Gasteiger charge is 2.28. The molecule has 1 aromatic rings. The Morgan fingerprint density at radius 3 is 2.41 bits per heavy atom. The lowest BCUT2D eigenvalue weighted by Crippen LogP contribution is -3.15. The van der Waals surface area contributed by atoms with Crippen LogP contribution in [0.1, 0.15) is 24.4 Å². The third kappa shape index (κ3) is 6.16. The predicted octanol–water partition coefficient (Wildman–Crippen LogP) is -0.880. The molecule has 2 heterocycles. The normalized spacial score (nSPS) is 20.8. The van der Waals surface area contributed by atoms with Gasteiger partial charge in [-0.15, -0.1) is 0 Å². The predicted molar refractivity (Wildman–Crippen MR) is 110 cm³/mol. The molecular weight excluding hydrogens is 372 g/mol. The molecular formula is C21H33N4O4+. The fourth-order valence-corrected chi connectivity index (χ4v) is 3.85. The van der Waals surface area contributed by atoms with Crippen molar-refractivity contribution in [1.29, 1.82) is 0 Å². The van der Waals surface area contributed by atoms with Crippen LogP contribution in [-0.2, 0) is 19.1 Å². The zero-order chi connectivity index (χ0) is 20.6. The van der Waals surface area contributed by atoms with Crippen molar-refractivity contribution >= 4 is 17.5 Å². The number of anilines is 1. The molecule has 0 radical (unpaired) electrons. The lowest BCUT2D eigenvalue weighted by atomic mass is 10.0. The molecule has 0 saturated carbocycles. The molecule has 2 fully saturated rings. The molecule has 3 N–H and O–H groups in total. The topological polar surface area (TPSA) is 84.3 Å². The first-order valence-corrected chi connectivity index (χ1v) is 10.4. The van der Waals surface area contributed by atoms with E-state index in [1.54, 1.807) is 0 Å². The van der Waals surface area contributed by atoms with E-state index in [0.29, 0.717) is 26.3 Å². The second-order valence-corrected chi connectivity index (χ2v) is 7.86. The number of rotatable bonds is 7. The second kappa shape index (κ2) is 10.6. The van der Waals surface area contributed by atoms with Gasteiger partial charge in [0.1, 0.15) is 19.1 Å². The zero-order valence-electron chi connectivity index (χ0n) is 17.4. The highest BCUT2D eigenvalue weighted by molar-refractivity contribution is 6.35. The smallest absolute Gasteiger partial charge is 0.309 e. The Morgan fingerprint density at radius 2 is 1.79 bits per heavy atom. The van der Waals surface area contributed by atoms with Crippen molar-refractivity contribution in [3.05, 3.63) is 29.8 Å². The lowest BCUT2D eigenvalue weighted by Gasteiger charge is -2.32. The van der Waals surface area contributed by atoms with Gasteiger partial charge in [-0.3, -0.25) is 9.59 Å². The fraction of sp³-hybridized carbons (Fsp3) is 0.619. The van der Waals surface area contributed by atoms with Crippen molar-refractivity contribution in [2.75, 3.05) is 65.0 Å². The van der Waals surface area contributed by atoms with Crippen molar-refractivity contribution in [2.24, 2.45) is 0 Å². The van der Waals surface area contributed by atoms with Gasteiger partial charge in [0.2, 0.25) is 0 Å². The molecule has 8 heteroatoms. The van der Waals surface area contributed by atoms with E-state index in [1.165, 1.54) is 4.90 Å². The minimum Gasteiger partial charge on any atom is -0.378 e. The molecule has 0 bridgehead atoms. The average Bonchev–Trinajstić information content (AvgIpc) is 3.27. The van der Waals surface area contributed by atoms with E-state index in [0.717, 1.165) is 43.8 Å². The number of morpholine rings is 1. The Hall–Kier alpha value is -2.16. The average molecular weight is 406 g/mol. The van der Waals surface area contributed by atoms with Crippen LogP contribution in [0.3, 0.4) is 0 Å². The van der Waals surface area contributed by atoms with Gasteiger partial charge in [-0.25, -0.2) is 0 Å². The lowest BCUT2D eigenvalue weighted by molar-refractivity contribution is -0.937. The van der Waals surface area contributed by atoms with E-state index in [2.05, 4.69) is 39.8 Å². The summed E-state index contributed by atoms with van der Waals surface area (Å²) in [5.74, 6) is -1.19. The first-order chi connectivity index (χ1) is 14.0. The van der Waals surface area contributed by atoms with Gasteiger partial charge in [0.15, 0.2) is 0 Å². The summed E-state index contributed by atoms with van der Waals surface area (Å²) in [6.45, 7) is 4.68. The maximum atomic E-state index is 12.3. The molecule has 0 spiro atoms. The van der Waals surface area contributed by atoms with Crippen molar-refractivity contribution in [1.82, 2.24) is 10.6 Å². The van der Waals surface area contributed by atoms with E-state index in [1.807, 2.05) is 14.1 Å². The van der Waals surface area contributed by atoms with Gasteiger partial charge in [0, 0.05) is 38.5 Å². The van der Waals surface area contributed by atoms with Crippen molar-refractivity contribution in [3.63, 3.8) is 0 Å². The van der Waals surface area contributed by atoms with E-state index < -0.39 is 11.8 Å². The molecule has 2 amide bonds. The maximum Gasteiger partial charge on any atom is 0.309 e. The third-order valence-corrected chi connectivity index (χ3v) is 5.63. The number of ether oxygens (including phenoxy) is 2. The Bertz CT molecular complexity index is 668. The summed E-state index contributed by atoms with van der Waals surface area (Å²) < 4.78 is 11.0. The standard InChI is InChI=1S/C21H32N4O4/c1-24(2)17-7-5-16(6-8-17)19(25-9-12-28-13-10-25)15-23-21(27)20(26)22-14-18-4-3-11-29-18/h5-8,18-19H,3-4,9-15H2,1-2H3,(H,22,26)(H,23,27)/p+1/t18-,19-/m1/s1. The zero-order valence-corrected chi connectivity index (χ0v) is 17.4. The number of carbonyl (C=O) groups excluding carboxylic acids is 2. The summed E-state index contributed by atoms with van der Waals surface area (Å²) in [4.78, 5) is 27.9. The molecule has 1 aromatic carbocycles. The Kier molecular flexibility index (Phi) is 7.85. The number of hydrogen-bond acceptors (Lipinski definition) is 5. The summed E-state index contributed by atoms with van der Waals surface area (Å²) in [6.07, 6.45) is 1.95. The molecule has 2 saturated heterocycles. The number of amides is 2. The van der Waals surface area contributed by atoms with Gasteiger partial charge in [0.25, 0.3) is 0 Å². The summed E-state index contributed by atoms with van der Waals surface area (Å²) in [6, 6.07) is 8.44. The van der Waals surface area contributed by atoms with Gasteiger partial charge in [0.05, 0.1) is 25.9 Å². The first-order valence-electron chi connectivity index (χ1n) is 10.4. The van der Waals surface area contributed by atoms with E-state index >= 15 is 0 Å². The second-order valence-electron chi connectivity index (χ2n) is 7.86. The van der Waals surface area contributed by atoms with Crippen LogP contribution in [-0.4, -0.2) is 78.0 Å². The molecule has 0 aromatic heterocycles. The molecule has 8 nitrogen and oxygen atoms in total. The Balaban J connectivity index is 1.58. The largest absolute Gasteiger partial charge is 0.378 e. The van der Waals surface area contributed by atoms with Crippen LogP contribution in [0.2, 0.25) is 0 Å². The molecule has 29 heavy (non-hydrogen) atoms. The van der Waals surface area contributed by atoms with Crippen LogP contribution in [0.25, 0.3) is 0 Å². The van der Waals surface area contributed by atoms with Crippen molar-refractivity contribution in [3.8, 4) is 0 Å². The first kappa shape index (κ1) is 21.5. The molecule has 160 valence electrons. The number of hydrogen-bond donors (Lipinski definition) is 3. The van der Waals surface area contributed by atoms with Gasteiger partial charge < -0.3 is 29.9 Å². The highest BCUT2D eigenvalue weighted by Crippen LogP contribution is 2.16. The quantitative estimate of drug-likeness (QED) is 0.513. The Morgan fingerprint density at radius 1 is 1.10 bits per heavy atom. The number of benzene rings is 1. The number of quaternary nitrogens is 1. The Labute approximate surface area is 172 Å². The van der Waals surface area contributed by atoms with E-state index in [-0.39, 0.29) is 12.1 Å². The van der Waals surface area contributed by atoms with Crippen molar-refractivity contribution in [2.45, 2.75) is 25.0 Å². The molecule has 2 atom stereocenters.